The Labute approximate surface area is 171 Å². The Bertz CT molecular complexity index is 442. The Morgan fingerprint density at radius 1 is 1.11 bits per heavy atom. The van der Waals surface area contributed by atoms with E-state index in [1.54, 1.807) is 0 Å². The van der Waals surface area contributed by atoms with E-state index in [2.05, 4.69) is 6.92 Å². The molecule has 0 amide bonds. The van der Waals surface area contributed by atoms with Crippen molar-refractivity contribution in [3.63, 3.8) is 0 Å². The van der Waals surface area contributed by atoms with Crippen molar-refractivity contribution in [3.8, 4) is 0 Å². The number of esters is 1. The molecule has 0 saturated carbocycles. The summed E-state index contributed by atoms with van der Waals surface area (Å²) in [6, 6.07) is 0. The molecule has 2 N–H and O–H groups in total. The van der Waals surface area contributed by atoms with Crippen molar-refractivity contribution < 1.29 is 19.4 Å². The number of aliphatic hydroxyl groups excluding tert-OH is 1. The fraction of sp³-hybridized carbons (Fsp3) is 0.909. The molecule has 0 bridgehead atoms. The molecule has 1 fully saturated rings. The summed E-state index contributed by atoms with van der Waals surface area (Å²) >= 11 is 0. The highest BCUT2D eigenvalue weighted by Gasteiger charge is 2.34. The van der Waals surface area contributed by atoms with E-state index in [0.717, 1.165) is 25.8 Å². The van der Waals surface area contributed by atoms with Gasteiger partial charge in [0.05, 0.1) is 6.10 Å². The molecule has 0 aromatic carbocycles. The standard InChI is InChI=1S/C22H42N2O4/c1-4-5-6-7-8-9-10-12-19(23)15-18-16-20(28-22(18)26)17-27-21(25)13-11-14-24(2)3/h18,20,22-23,26H,4-17H2,1-3H3/t18?,20-,22+/m0/s1. The second-order valence-electron chi connectivity index (χ2n) is 8.41. The Hall–Kier alpha value is -0.980. The molecular weight excluding hydrogens is 356 g/mol. The van der Waals surface area contributed by atoms with Crippen LogP contribution in [0.2, 0.25) is 0 Å². The van der Waals surface area contributed by atoms with Crippen LogP contribution < -0.4 is 0 Å². The second-order valence-corrected chi connectivity index (χ2v) is 8.41. The van der Waals surface area contributed by atoms with E-state index in [1.165, 1.54) is 38.5 Å². The van der Waals surface area contributed by atoms with Gasteiger partial charge in [-0.25, -0.2) is 0 Å². The SMILES string of the molecule is CCCCCCCCCC(=N)CC1C[C@@H](COC(=O)CCCN(C)C)O[C@H]1O. The van der Waals surface area contributed by atoms with Crippen LogP contribution in [0.5, 0.6) is 0 Å². The van der Waals surface area contributed by atoms with Crippen LogP contribution in [0.3, 0.4) is 0 Å². The number of unbranched alkanes of at least 4 members (excludes halogenated alkanes) is 6. The first-order valence-electron chi connectivity index (χ1n) is 11.1. The lowest BCUT2D eigenvalue weighted by Crippen LogP contribution is -2.20. The molecule has 3 atom stereocenters. The zero-order chi connectivity index (χ0) is 20.8. The average molecular weight is 399 g/mol. The molecule has 1 saturated heterocycles. The number of nitrogens with one attached hydrogen (secondary N) is 1. The van der Waals surface area contributed by atoms with E-state index in [1.807, 2.05) is 19.0 Å². The molecule has 1 unspecified atom stereocenters. The number of carbonyl (C=O) groups is 1. The predicted molar refractivity (Wildman–Crippen MR) is 113 cm³/mol. The first-order chi connectivity index (χ1) is 13.4. The van der Waals surface area contributed by atoms with Gasteiger partial charge in [0.25, 0.3) is 0 Å². The molecule has 1 heterocycles. The minimum absolute atomic E-state index is 0.0607. The van der Waals surface area contributed by atoms with Crippen molar-refractivity contribution in [1.82, 2.24) is 4.90 Å². The van der Waals surface area contributed by atoms with Gasteiger partial charge in [0, 0.05) is 18.1 Å². The van der Waals surface area contributed by atoms with Gasteiger partial charge in [-0.05, 0) is 52.7 Å². The summed E-state index contributed by atoms with van der Waals surface area (Å²) in [5.74, 6) is -0.274. The Balaban J connectivity index is 2.12. The highest BCUT2D eigenvalue weighted by atomic mass is 16.6. The fourth-order valence-electron chi connectivity index (χ4n) is 3.62. The van der Waals surface area contributed by atoms with Crippen molar-refractivity contribution >= 4 is 11.7 Å². The quantitative estimate of drug-likeness (QED) is 0.232. The zero-order valence-corrected chi connectivity index (χ0v) is 18.3. The third-order valence-electron chi connectivity index (χ3n) is 5.31. The van der Waals surface area contributed by atoms with E-state index in [9.17, 15) is 9.90 Å². The van der Waals surface area contributed by atoms with Crippen LogP contribution in [-0.2, 0) is 14.3 Å². The summed E-state index contributed by atoms with van der Waals surface area (Å²) in [5.41, 5.74) is 0.697. The van der Waals surface area contributed by atoms with Crippen molar-refractivity contribution in [3.05, 3.63) is 0 Å². The molecule has 6 nitrogen and oxygen atoms in total. The van der Waals surface area contributed by atoms with E-state index >= 15 is 0 Å². The molecule has 0 spiro atoms. The van der Waals surface area contributed by atoms with Crippen molar-refractivity contribution in [2.75, 3.05) is 27.2 Å². The largest absolute Gasteiger partial charge is 0.463 e. The number of nitrogens with zero attached hydrogens (tertiary/aromatic N) is 1. The minimum Gasteiger partial charge on any atom is -0.463 e. The van der Waals surface area contributed by atoms with Crippen molar-refractivity contribution in [2.45, 2.75) is 96.4 Å². The molecule has 0 radical (unpaired) electrons. The number of rotatable bonds is 16. The molecule has 0 aromatic heterocycles. The number of hydrogen-bond donors (Lipinski definition) is 2. The Morgan fingerprint density at radius 2 is 1.79 bits per heavy atom. The zero-order valence-electron chi connectivity index (χ0n) is 18.3. The summed E-state index contributed by atoms with van der Waals surface area (Å²) < 4.78 is 10.8. The first kappa shape index (κ1) is 25.1. The number of carbonyl (C=O) groups excluding carboxylic acids is 1. The maximum Gasteiger partial charge on any atom is 0.305 e. The summed E-state index contributed by atoms with van der Waals surface area (Å²) in [4.78, 5) is 13.8. The lowest BCUT2D eigenvalue weighted by atomic mass is 9.95. The molecule has 28 heavy (non-hydrogen) atoms. The fourth-order valence-corrected chi connectivity index (χ4v) is 3.62. The molecule has 1 aliphatic heterocycles. The number of hydrogen-bond acceptors (Lipinski definition) is 6. The molecule has 164 valence electrons. The molecule has 1 rings (SSSR count). The average Bonchev–Trinajstić information content (AvgIpc) is 2.98. The van der Waals surface area contributed by atoms with Gasteiger partial charge in [-0.3, -0.25) is 4.79 Å². The van der Waals surface area contributed by atoms with Gasteiger partial charge in [-0.1, -0.05) is 45.4 Å². The molecule has 0 aromatic rings. The van der Waals surface area contributed by atoms with E-state index < -0.39 is 6.29 Å². The highest BCUT2D eigenvalue weighted by molar-refractivity contribution is 5.81. The topological polar surface area (TPSA) is 82.9 Å². The maximum absolute atomic E-state index is 11.8. The predicted octanol–water partition coefficient (Wildman–Crippen LogP) is 4.15. The highest BCUT2D eigenvalue weighted by Crippen LogP contribution is 2.29. The third kappa shape index (κ3) is 11.8. The summed E-state index contributed by atoms with van der Waals surface area (Å²) in [7, 11) is 3.95. The minimum atomic E-state index is -0.855. The lowest BCUT2D eigenvalue weighted by Gasteiger charge is -2.13. The van der Waals surface area contributed by atoms with Crippen molar-refractivity contribution in [1.29, 1.82) is 5.41 Å². The summed E-state index contributed by atoms with van der Waals surface area (Å²) in [6.07, 6.45) is 10.8. The van der Waals surface area contributed by atoms with Crippen LogP contribution in [-0.4, -0.2) is 61.3 Å². The van der Waals surface area contributed by atoms with E-state index in [-0.39, 0.29) is 24.6 Å². The van der Waals surface area contributed by atoms with Crippen LogP contribution in [0.1, 0.15) is 84.0 Å². The van der Waals surface area contributed by atoms with Crippen LogP contribution in [0.15, 0.2) is 0 Å². The Morgan fingerprint density at radius 3 is 2.46 bits per heavy atom. The van der Waals surface area contributed by atoms with Gasteiger partial charge in [-0.2, -0.15) is 0 Å². The summed E-state index contributed by atoms with van der Waals surface area (Å²) in [6.45, 7) is 3.28. The molecule has 6 heteroatoms. The second kappa shape index (κ2) is 14.9. The molecule has 1 aliphatic rings. The van der Waals surface area contributed by atoms with E-state index in [4.69, 9.17) is 14.9 Å². The van der Waals surface area contributed by atoms with Crippen LogP contribution in [0, 0.1) is 11.3 Å². The number of aliphatic hydroxyl groups is 1. The molecule has 0 aliphatic carbocycles. The normalized spacial score (nSPS) is 22.0. The van der Waals surface area contributed by atoms with Gasteiger partial charge in [0.1, 0.15) is 6.61 Å². The number of ether oxygens (including phenoxy) is 2. The molecular formula is C22H42N2O4. The Kier molecular flexibility index (Phi) is 13.4. The lowest BCUT2D eigenvalue weighted by molar-refractivity contribution is -0.154. The van der Waals surface area contributed by atoms with Crippen LogP contribution >= 0.6 is 0 Å². The summed E-state index contributed by atoms with van der Waals surface area (Å²) in [5, 5.41) is 18.3. The van der Waals surface area contributed by atoms with Crippen molar-refractivity contribution in [2.24, 2.45) is 5.92 Å². The third-order valence-corrected chi connectivity index (χ3v) is 5.31. The van der Waals surface area contributed by atoms with Gasteiger partial charge >= 0.3 is 5.97 Å². The first-order valence-corrected chi connectivity index (χ1v) is 11.1. The van der Waals surface area contributed by atoms with Gasteiger partial charge in [0.2, 0.25) is 0 Å². The van der Waals surface area contributed by atoms with E-state index in [0.29, 0.717) is 25.0 Å². The van der Waals surface area contributed by atoms with Gasteiger partial charge < -0.3 is 24.9 Å². The van der Waals surface area contributed by atoms with Crippen LogP contribution in [0.25, 0.3) is 0 Å². The van der Waals surface area contributed by atoms with Gasteiger partial charge in [-0.15, -0.1) is 0 Å². The smallest absolute Gasteiger partial charge is 0.305 e. The maximum atomic E-state index is 11.8. The van der Waals surface area contributed by atoms with Gasteiger partial charge in [0.15, 0.2) is 6.29 Å². The monoisotopic (exact) mass is 398 g/mol. The van der Waals surface area contributed by atoms with Crippen LogP contribution in [0.4, 0.5) is 0 Å².